The molecule has 1 aliphatic heterocycles. The molecule has 1 fully saturated rings. The van der Waals surface area contributed by atoms with Crippen LogP contribution in [0.15, 0.2) is 84.7 Å². The van der Waals surface area contributed by atoms with Crippen molar-refractivity contribution in [3.63, 3.8) is 0 Å². The summed E-state index contributed by atoms with van der Waals surface area (Å²) >= 11 is 0. The first-order chi connectivity index (χ1) is 15.3. The van der Waals surface area contributed by atoms with Crippen LogP contribution in [0.4, 0.5) is 0 Å². The lowest BCUT2D eigenvalue weighted by atomic mass is 9.85. The highest BCUT2D eigenvalue weighted by Gasteiger charge is 2.46. The molecule has 3 aromatic rings. The molecule has 4 rings (SSSR count). The van der Waals surface area contributed by atoms with E-state index in [9.17, 15) is 14.7 Å². The summed E-state index contributed by atoms with van der Waals surface area (Å²) in [4.78, 5) is 31.8. The second-order valence-electron chi connectivity index (χ2n) is 9.03. The maximum atomic E-state index is 13.1. The monoisotopic (exact) mass is 426 g/mol. The maximum Gasteiger partial charge on any atom is 0.295 e. The van der Waals surface area contributed by atoms with E-state index in [4.69, 9.17) is 0 Å². The average Bonchev–Trinajstić information content (AvgIpc) is 3.04. The van der Waals surface area contributed by atoms with Gasteiger partial charge in [0.15, 0.2) is 0 Å². The lowest BCUT2D eigenvalue weighted by Gasteiger charge is -2.26. The number of hydrogen-bond acceptors (Lipinski definition) is 4. The summed E-state index contributed by atoms with van der Waals surface area (Å²) in [5.41, 5.74) is 3.31. The fraction of sp³-hybridized carbons (Fsp3) is 0.222. The van der Waals surface area contributed by atoms with Crippen LogP contribution in [-0.4, -0.2) is 26.7 Å². The zero-order chi connectivity index (χ0) is 22.9. The number of carbonyl (C=O) groups excluding carboxylic acids is 2. The SMILES string of the molecule is CC(C)(C)c1ccc([C@@H]2/C(=C(\O)c3ccccc3)C(=O)C(=O)N2Cc2cccnc2)cc1. The van der Waals surface area contributed by atoms with Gasteiger partial charge in [0, 0.05) is 24.5 Å². The van der Waals surface area contributed by atoms with Crippen molar-refractivity contribution in [2.24, 2.45) is 0 Å². The Balaban J connectivity index is 1.85. The minimum absolute atomic E-state index is 0.0277. The number of aliphatic hydroxyl groups is 1. The number of carbonyl (C=O) groups is 2. The number of Topliss-reactive ketones (excluding diaryl/α,β-unsaturated/α-hetero) is 1. The van der Waals surface area contributed by atoms with E-state index < -0.39 is 17.7 Å². The first-order valence-electron chi connectivity index (χ1n) is 10.6. The Morgan fingerprint density at radius 2 is 1.66 bits per heavy atom. The molecule has 0 unspecified atom stereocenters. The predicted octanol–water partition coefficient (Wildman–Crippen LogP) is 5.00. The Labute approximate surface area is 188 Å². The van der Waals surface area contributed by atoms with Crippen molar-refractivity contribution in [2.75, 3.05) is 0 Å². The number of pyridine rings is 1. The summed E-state index contributed by atoms with van der Waals surface area (Å²) < 4.78 is 0. The molecule has 5 nitrogen and oxygen atoms in total. The smallest absolute Gasteiger partial charge is 0.295 e. The Morgan fingerprint density at radius 3 is 2.25 bits per heavy atom. The number of aliphatic hydroxyl groups excluding tert-OH is 1. The number of hydrogen-bond donors (Lipinski definition) is 1. The predicted molar refractivity (Wildman–Crippen MR) is 124 cm³/mol. The van der Waals surface area contributed by atoms with Crippen molar-refractivity contribution in [1.82, 2.24) is 9.88 Å². The molecule has 1 atom stereocenters. The van der Waals surface area contributed by atoms with Crippen LogP contribution < -0.4 is 0 Å². The molecule has 0 radical (unpaired) electrons. The molecule has 0 saturated carbocycles. The lowest BCUT2D eigenvalue weighted by molar-refractivity contribution is -0.140. The van der Waals surface area contributed by atoms with Gasteiger partial charge in [-0.05, 0) is 28.2 Å². The molecule has 2 heterocycles. The molecule has 1 aromatic heterocycles. The molecule has 5 heteroatoms. The number of rotatable bonds is 4. The molecule has 1 aliphatic rings. The third kappa shape index (κ3) is 4.06. The molecule has 1 saturated heterocycles. The van der Waals surface area contributed by atoms with Gasteiger partial charge in [0.2, 0.25) is 0 Å². The van der Waals surface area contributed by atoms with Gasteiger partial charge in [-0.25, -0.2) is 0 Å². The molecule has 32 heavy (non-hydrogen) atoms. The number of ketones is 1. The summed E-state index contributed by atoms with van der Waals surface area (Å²) in [5.74, 6) is -1.47. The largest absolute Gasteiger partial charge is 0.507 e. The summed E-state index contributed by atoms with van der Waals surface area (Å²) in [6, 6.07) is 19.7. The highest BCUT2D eigenvalue weighted by molar-refractivity contribution is 6.46. The number of aromatic nitrogens is 1. The van der Waals surface area contributed by atoms with Crippen molar-refractivity contribution in [3.8, 4) is 0 Å². The zero-order valence-corrected chi connectivity index (χ0v) is 18.4. The van der Waals surface area contributed by atoms with Gasteiger partial charge < -0.3 is 10.0 Å². The lowest BCUT2D eigenvalue weighted by Crippen LogP contribution is -2.29. The van der Waals surface area contributed by atoms with Crippen LogP contribution in [0.5, 0.6) is 0 Å². The van der Waals surface area contributed by atoms with Crippen LogP contribution in [0, 0.1) is 0 Å². The van der Waals surface area contributed by atoms with Gasteiger partial charge in [0.25, 0.3) is 11.7 Å². The second kappa shape index (κ2) is 8.42. The third-order valence-electron chi connectivity index (χ3n) is 5.76. The third-order valence-corrected chi connectivity index (χ3v) is 5.76. The molecular formula is C27H26N2O3. The fourth-order valence-electron chi connectivity index (χ4n) is 3.99. The highest BCUT2D eigenvalue weighted by Crippen LogP contribution is 2.40. The normalized spacial score (nSPS) is 18.2. The zero-order valence-electron chi connectivity index (χ0n) is 18.4. The van der Waals surface area contributed by atoms with E-state index in [1.54, 1.807) is 42.7 Å². The van der Waals surface area contributed by atoms with E-state index in [0.717, 1.165) is 16.7 Å². The topological polar surface area (TPSA) is 70.5 Å². The number of nitrogens with zero attached hydrogens (tertiary/aromatic N) is 2. The molecule has 0 spiro atoms. The molecule has 0 bridgehead atoms. The van der Waals surface area contributed by atoms with Crippen LogP contribution in [0.2, 0.25) is 0 Å². The fourth-order valence-corrected chi connectivity index (χ4v) is 3.99. The number of likely N-dealkylation sites (tertiary alicyclic amines) is 1. The van der Waals surface area contributed by atoms with E-state index in [2.05, 4.69) is 25.8 Å². The molecule has 2 aromatic carbocycles. The summed E-state index contributed by atoms with van der Waals surface area (Å²) in [6.45, 7) is 6.61. The minimum Gasteiger partial charge on any atom is -0.507 e. The summed E-state index contributed by atoms with van der Waals surface area (Å²) in [5, 5.41) is 11.1. The Bertz CT molecular complexity index is 1160. The van der Waals surface area contributed by atoms with Crippen LogP contribution in [-0.2, 0) is 21.5 Å². The van der Waals surface area contributed by atoms with Crippen LogP contribution in [0.1, 0.15) is 49.1 Å². The van der Waals surface area contributed by atoms with Gasteiger partial charge >= 0.3 is 0 Å². The van der Waals surface area contributed by atoms with Crippen molar-refractivity contribution in [3.05, 3.63) is 107 Å². The quantitative estimate of drug-likeness (QED) is 0.362. The Kier molecular flexibility index (Phi) is 5.66. The minimum atomic E-state index is -0.690. The van der Waals surface area contributed by atoms with Gasteiger partial charge in [-0.3, -0.25) is 14.6 Å². The molecule has 162 valence electrons. The molecule has 1 amide bonds. The first-order valence-corrected chi connectivity index (χ1v) is 10.6. The van der Waals surface area contributed by atoms with E-state index in [1.807, 2.05) is 36.4 Å². The van der Waals surface area contributed by atoms with Gasteiger partial charge in [-0.2, -0.15) is 0 Å². The molecule has 1 N–H and O–H groups in total. The number of benzene rings is 2. The van der Waals surface area contributed by atoms with E-state index in [-0.39, 0.29) is 23.3 Å². The Hall–Kier alpha value is -3.73. The Morgan fingerprint density at radius 1 is 0.969 bits per heavy atom. The summed E-state index contributed by atoms with van der Waals surface area (Å²) in [6.07, 6.45) is 3.34. The number of amides is 1. The van der Waals surface area contributed by atoms with Crippen LogP contribution in [0.25, 0.3) is 5.76 Å². The standard InChI is InChI=1S/C27H26N2O3/c1-27(2,3)21-13-11-19(12-14-21)23-22(24(30)20-9-5-4-6-10-20)25(31)26(32)29(23)17-18-8-7-15-28-16-18/h4-16,23,30H,17H2,1-3H3/b24-22+/t23-/m1/s1. The first kappa shape index (κ1) is 21.5. The maximum absolute atomic E-state index is 13.1. The van der Waals surface area contributed by atoms with Crippen LogP contribution >= 0.6 is 0 Å². The van der Waals surface area contributed by atoms with Gasteiger partial charge in [-0.1, -0.05) is 81.4 Å². The second-order valence-corrected chi connectivity index (χ2v) is 9.03. The molecular weight excluding hydrogens is 400 g/mol. The van der Waals surface area contributed by atoms with Gasteiger partial charge in [-0.15, -0.1) is 0 Å². The van der Waals surface area contributed by atoms with Crippen molar-refractivity contribution < 1.29 is 14.7 Å². The van der Waals surface area contributed by atoms with Crippen molar-refractivity contribution >= 4 is 17.4 Å². The van der Waals surface area contributed by atoms with Gasteiger partial charge in [0.05, 0.1) is 11.6 Å². The van der Waals surface area contributed by atoms with Crippen molar-refractivity contribution in [1.29, 1.82) is 0 Å². The van der Waals surface area contributed by atoms with Crippen LogP contribution in [0.3, 0.4) is 0 Å². The van der Waals surface area contributed by atoms with Crippen molar-refractivity contribution in [2.45, 2.75) is 38.8 Å². The van der Waals surface area contributed by atoms with E-state index in [1.165, 1.54) is 4.90 Å². The van der Waals surface area contributed by atoms with Gasteiger partial charge in [0.1, 0.15) is 5.76 Å². The average molecular weight is 427 g/mol. The highest BCUT2D eigenvalue weighted by atomic mass is 16.3. The van der Waals surface area contributed by atoms with E-state index >= 15 is 0 Å². The van der Waals surface area contributed by atoms with E-state index in [0.29, 0.717) is 5.56 Å². The molecule has 0 aliphatic carbocycles. The summed E-state index contributed by atoms with van der Waals surface area (Å²) in [7, 11) is 0.